The van der Waals surface area contributed by atoms with E-state index in [2.05, 4.69) is 10.3 Å². The van der Waals surface area contributed by atoms with Gasteiger partial charge in [-0.15, -0.1) is 16.7 Å². The van der Waals surface area contributed by atoms with Gasteiger partial charge in [0.2, 0.25) is 0 Å². The van der Waals surface area contributed by atoms with E-state index in [1.807, 2.05) is 26.0 Å². The van der Waals surface area contributed by atoms with Crippen LogP contribution in [-0.2, 0) is 18.6 Å². The van der Waals surface area contributed by atoms with Crippen LogP contribution in [0, 0.1) is 5.82 Å². The largest absolute Gasteiger partial charge is 0.491 e. The first-order valence-corrected chi connectivity index (χ1v) is 11.3. The van der Waals surface area contributed by atoms with Gasteiger partial charge >= 0.3 is 0 Å². The molecule has 184 valence electrons. The number of rotatable bonds is 12. The van der Waals surface area contributed by atoms with Crippen molar-refractivity contribution in [1.29, 1.82) is 0 Å². The molecule has 3 aromatic rings. The average Bonchev–Trinajstić information content (AvgIpc) is 3.28. The number of aliphatic hydroxyl groups is 3. The lowest BCUT2D eigenvalue weighted by Crippen LogP contribution is -2.25. The number of nitrogens with zero attached hydrogens (tertiary/aromatic N) is 3. The summed E-state index contributed by atoms with van der Waals surface area (Å²) in [6.45, 7) is 3.86. The third-order valence-electron chi connectivity index (χ3n) is 5.52. The Morgan fingerprint density at radius 2 is 1.71 bits per heavy atom. The fourth-order valence-corrected chi connectivity index (χ4v) is 3.46. The number of aliphatic hydroxyl groups excluding tert-OH is 3. The lowest BCUT2D eigenvalue weighted by Gasteiger charge is -2.27. The Bertz CT molecular complexity index is 1060. The second kappa shape index (κ2) is 11.6. The predicted molar refractivity (Wildman–Crippen MR) is 125 cm³/mol. The molecule has 8 nitrogen and oxygen atoms in total. The van der Waals surface area contributed by atoms with Crippen LogP contribution in [0.15, 0.2) is 48.7 Å². The lowest BCUT2D eigenvalue weighted by atomic mass is 9.78. The number of alkyl halides is 1. The molecule has 3 rings (SSSR count). The van der Waals surface area contributed by atoms with Crippen LogP contribution < -0.4 is 9.47 Å². The molecular formula is C24H29ClFN3O5. The number of halogens is 2. The Labute approximate surface area is 202 Å². The van der Waals surface area contributed by atoms with E-state index in [9.17, 15) is 19.7 Å². The molecule has 0 aliphatic carbocycles. The van der Waals surface area contributed by atoms with Gasteiger partial charge in [-0.1, -0.05) is 37.3 Å². The Hall–Kier alpha value is -2.72. The van der Waals surface area contributed by atoms with Gasteiger partial charge in [0.05, 0.1) is 30.9 Å². The zero-order valence-electron chi connectivity index (χ0n) is 19.1. The molecule has 1 aromatic heterocycles. The molecule has 2 aromatic carbocycles. The fourth-order valence-electron chi connectivity index (χ4n) is 3.37. The topological polar surface area (TPSA) is 110 Å². The van der Waals surface area contributed by atoms with Crippen LogP contribution in [0.25, 0.3) is 0 Å². The molecule has 0 radical (unpaired) electrons. The summed E-state index contributed by atoms with van der Waals surface area (Å²) in [7, 11) is 0. The van der Waals surface area contributed by atoms with Crippen molar-refractivity contribution in [3.05, 3.63) is 71.3 Å². The second-order valence-corrected chi connectivity index (χ2v) is 8.75. The highest BCUT2D eigenvalue weighted by molar-refractivity contribution is 6.18. The van der Waals surface area contributed by atoms with Gasteiger partial charge in [-0.05, 0) is 35.4 Å². The maximum atomic E-state index is 14.6. The van der Waals surface area contributed by atoms with Crippen molar-refractivity contribution in [2.45, 2.75) is 44.6 Å². The summed E-state index contributed by atoms with van der Waals surface area (Å²) >= 11 is 5.54. The van der Waals surface area contributed by atoms with Crippen LogP contribution in [0.4, 0.5) is 4.39 Å². The number of ether oxygens (including phenoxy) is 2. The summed E-state index contributed by atoms with van der Waals surface area (Å²) in [5, 5.41) is 36.5. The molecule has 0 amide bonds. The van der Waals surface area contributed by atoms with E-state index in [4.69, 9.17) is 21.1 Å². The van der Waals surface area contributed by atoms with Crippen LogP contribution in [0.5, 0.6) is 11.5 Å². The van der Waals surface area contributed by atoms with Gasteiger partial charge in [0.1, 0.15) is 31.2 Å². The highest BCUT2D eigenvalue weighted by Gasteiger charge is 2.25. The quantitative estimate of drug-likeness (QED) is 0.333. The van der Waals surface area contributed by atoms with E-state index in [1.54, 1.807) is 24.3 Å². The van der Waals surface area contributed by atoms with Crippen LogP contribution in [0.1, 0.15) is 30.7 Å². The van der Waals surface area contributed by atoms with Gasteiger partial charge in [0, 0.05) is 5.41 Å². The molecule has 0 aliphatic heterocycles. The molecule has 10 heteroatoms. The first-order valence-electron chi connectivity index (χ1n) is 10.8. The number of hydrogen-bond donors (Lipinski definition) is 3. The van der Waals surface area contributed by atoms with Gasteiger partial charge in [0.25, 0.3) is 0 Å². The summed E-state index contributed by atoms with van der Waals surface area (Å²) < 4.78 is 27.0. The standard InChI is InChI=1S/C24H29ClFN3O5/c1-24(2,17-5-8-23(22(26)9-17)34-14-19(31)10-25)16-3-6-21(7-4-16)33-15-20(32)12-29-18(13-30)11-27-28-29/h3-9,11,19-20,30-32H,10,12-15H2,1-2H3. The third-order valence-corrected chi connectivity index (χ3v) is 5.88. The van der Waals surface area contributed by atoms with E-state index < -0.39 is 23.4 Å². The Morgan fingerprint density at radius 3 is 2.35 bits per heavy atom. The van der Waals surface area contributed by atoms with Crippen LogP contribution in [0.3, 0.4) is 0 Å². The SMILES string of the molecule is CC(C)(c1ccc(OCC(O)Cn2nncc2CO)cc1)c1ccc(OCC(O)CCl)c(F)c1. The maximum Gasteiger partial charge on any atom is 0.165 e. The zero-order chi connectivity index (χ0) is 24.7. The normalized spacial score (nSPS) is 13.5. The van der Waals surface area contributed by atoms with Crippen molar-refractivity contribution in [2.24, 2.45) is 0 Å². The van der Waals surface area contributed by atoms with Gasteiger partial charge in [-0.25, -0.2) is 9.07 Å². The van der Waals surface area contributed by atoms with Crippen molar-refractivity contribution < 1.29 is 29.2 Å². The van der Waals surface area contributed by atoms with Crippen molar-refractivity contribution in [3.63, 3.8) is 0 Å². The number of hydrogen-bond acceptors (Lipinski definition) is 7. The van der Waals surface area contributed by atoms with Crippen molar-refractivity contribution >= 4 is 11.6 Å². The minimum atomic E-state index is -0.861. The highest BCUT2D eigenvalue weighted by Crippen LogP contribution is 2.34. The molecule has 2 unspecified atom stereocenters. The van der Waals surface area contributed by atoms with Crippen LogP contribution >= 0.6 is 11.6 Å². The molecule has 0 saturated carbocycles. The summed E-state index contributed by atoms with van der Waals surface area (Å²) in [6.07, 6.45) is -0.260. The molecule has 34 heavy (non-hydrogen) atoms. The molecule has 0 aliphatic rings. The predicted octanol–water partition coefficient (Wildman–Crippen LogP) is 2.65. The Balaban J connectivity index is 1.61. The minimum Gasteiger partial charge on any atom is -0.491 e. The van der Waals surface area contributed by atoms with Gasteiger partial charge < -0.3 is 24.8 Å². The van der Waals surface area contributed by atoms with Crippen molar-refractivity contribution in [3.8, 4) is 11.5 Å². The maximum absolute atomic E-state index is 14.6. The molecule has 0 bridgehead atoms. The van der Waals surface area contributed by atoms with Crippen molar-refractivity contribution in [2.75, 3.05) is 19.1 Å². The minimum absolute atomic E-state index is 0.0118. The van der Waals surface area contributed by atoms with E-state index in [0.29, 0.717) is 11.4 Å². The summed E-state index contributed by atoms with van der Waals surface area (Å²) in [5.41, 5.74) is 1.71. The molecule has 1 heterocycles. The summed E-state index contributed by atoms with van der Waals surface area (Å²) in [5.74, 6) is 0.131. The van der Waals surface area contributed by atoms with Gasteiger partial charge in [-0.3, -0.25) is 0 Å². The molecule has 0 saturated heterocycles. The Kier molecular flexibility index (Phi) is 8.84. The van der Waals surface area contributed by atoms with Crippen LogP contribution in [0.2, 0.25) is 0 Å². The average molecular weight is 494 g/mol. The smallest absolute Gasteiger partial charge is 0.165 e. The lowest BCUT2D eigenvalue weighted by molar-refractivity contribution is 0.0866. The first-order chi connectivity index (χ1) is 16.2. The monoisotopic (exact) mass is 493 g/mol. The summed E-state index contributed by atoms with van der Waals surface area (Å²) in [6, 6.07) is 12.1. The number of benzene rings is 2. The van der Waals surface area contributed by atoms with E-state index in [-0.39, 0.29) is 38.0 Å². The van der Waals surface area contributed by atoms with Gasteiger partial charge in [0.15, 0.2) is 11.6 Å². The highest BCUT2D eigenvalue weighted by atomic mass is 35.5. The van der Waals surface area contributed by atoms with Gasteiger partial charge in [-0.2, -0.15) is 0 Å². The molecule has 3 N–H and O–H groups in total. The molecule has 2 atom stereocenters. The van der Waals surface area contributed by atoms with E-state index in [1.165, 1.54) is 16.9 Å². The number of aromatic nitrogens is 3. The molecule has 0 fully saturated rings. The van der Waals surface area contributed by atoms with Crippen molar-refractivity contribution in [1.82, 2.24) is 15.0 Å². The first kappa shape index (κ1) is 25.9. The molecule has 0 spiro atoms. The van der Waals surface area contributed by atoms with E-state index in [0.717, 1.165) is 11.1 Å². The Morgan fingerprint density at radius 1 is 1.03 bits per heavy atom. The zero-order valence-corrected chi connectivity index (χ0v) is 19.8. The second-order valence-electron chi connectivity index (χ2n) is 8.44. The molecular weight excluding hydrogens is 465 g/mol. The fraction of sp³-hybridized carbons (Fsp3) is 0.417. The third kappa shape index (κ3) is 6.44. The van der Waals surface area contributed by atoms with E-state index >= 15 is 0 Å². The van der Waals surface area contributed by atoms with Crippen LogP contribution in [-0.4, -0.2) is 61.6 Å². The summed E-state index contributed by atoms with van der Waals surface area (Å²) in [4.78, 5) is 0.